The number of alkyl halides is 3. The van der Waals surface area contributed by atoms with Crippen molar-refractivity contribution in [1.29, 1.82) is 0 Å². The van der Waals surface area contributed by atoms with E-state index in [1.54, 1.807) is 33.0 Å². The monoisotopic (exact) mass is 576 g/mol. The third kappa shape index (κ3) is 6.54. The van der Waals surface area contributed by atoms with Crippen molar-refractivity contribution in [3.8, 4) is 17.3 Å². The molecule has 0 spiro atoms. The summed E-state index contributed by atoms with van der Waals surface area (Å²) in [4.78, 5) is 26.9. The van der Waals surface area contributed by atoms with Crippen molar-refractivity contribution in [2.24, 2.45) is 10.9 Å². The summed E-state index contributed by atoms with van der Waals surface area (Å²) in [6.45, 7) is 4.38. The molecule has 0 bridgehead atoms. The van der Waals surface area contributed by atoms with E-state index in [1.807, 2.05) is 0 Å². The van der Waals surface area contributed by atoms with E-state index in [1.165, 1.54) is 19.6 Å². The average molecular weight is 577 g/mol. The van der Waals surface area contributed by atoms with Crippen molar-refractivity contribution in [2.75, 3.05) is 30.5 Å². The van der Waals surface area contributed by atoms with Gasteiger partial charge in [0.2, 0.25) is 5.88 Å². The molecule has 0 aromatic carbocycles. The summed E-state index contributed by atoms with van der Waals surface area (Å²) < 4.78 is 59.0. The van der Waals surface area contributed by atoms with Gasteiger partial charge in [-0.15, -0.1) is 0 Å². The minimum Gasteiger partial charge on any atom is -0.480 e. The Kier molecular flexibility index (Phi) is 8.96. The van der Waals surface area contributed by atoms with Crippen LogP contribution in [0.5, 0.6) is 5.88 Å². The molecule has 0 saturated heterocycles. The van der Waals surface area contributed by atoms with E-state index in [-0.39, 0.29) is 29.8 Å². The second-order valence-electron chi connectivity index (χ2n) is 9.23. The summed E-state index contributed by atoms with van der Waals surface area (Å²) >= 11 is 0. The highest BCUT2D eigenvalue weighted by Gasteiger charge is 2.40. The van der Waals surface area contributed by atoms with Crippen LogP contribution in [-0.4, -0.2) is 61.1 Å². The van der Waals surface area contributed by atoms with Crippen molar-refractivity contribution >= 4 is 28.1 Å². The molecular formula is C26H31F3N8O2S. The molecular weight excluding hydrogens is 545 g/mol. The number of amidine groups is 1. The first-order valence-corrected chi connectivity index (χ1v) is 14.1. The predicted molar refractivity (Wildman–Crippen MR) is 147 cm³/mol. The summed E-state index contributed by atoms with van der Waals surface area (Å²) in [5.41, 5.74) is 2.43. The van der Waals surface area contributed by atoms with Crippen molar-refractivity contribution in [3.63, 3.8) is 0 Å². The summed E-state index contributed by atoms with van der Waals surface area (Å²) in [6.07, 6.45) is 0.300. The number of aryl methyl sites for hydroxylation is 1. The highest BCUT2D eigenvalue weighted by molar-refractivity contribution is 7.85. The summed E-state index contributed by atoms with van der Waals surface area (Å²) in [6, 6.07) is 3.25. The molecule has 14 heteroatoms. The highest BCUT2D eigenvalue weighted by Crippen LogP contribution is 2.45. The van der Waals surface area contributed by atoms with E-state index in [0.717, 1.165) is 25.5 Å². The lowest BCUT2D eigenvalue weighted by Crippen LogP contribution is -2.33. The minimum atomic E-state index is -4.55. The smallest absolute Gasteiger partial charge is 0.398 e. The van der Waals surface area contributed by atoms with Crippen LogP contribution in [0.3, 0.4) is 0 Å². The highest BCUT2D eigenvalue weighted by atomic mass is 32.2. The molecule has 1 aliphatic rings. The molecule has 1 fully saturated rings. The lowest BCUT2D eigenvalue weighted by molar-refractivity contribution is -0.150. The maximum absolute atomic E-state index is 13.8. The van der Waals surface area contributed by atoms with Crippen LogP contribution in [0.25, 0.3) is 11.4 Å². The normalized spacial score (nSPS) is 15.4. The van der Waals surface area contributed by atoms with Crippen LogP contribution in [0.2, 0.25) is 0 Å². The number of rotatable bonds is 10. The Labute approximate surface area is 232 Å². The molecule has 40 heavy (non-hydrogen) atoms. The quantitative estimate of drug-likeness (QED) is 0.256. The zero-order chi connectivity index (χ0) is 29.0. The molecule has 0 amide bonds. The fraction of sp³-hybridized carbons (Fsp3) is 0.462. The number of hydrogen-bond donors (Lipinski definition) is 2. The van der Waals surface area contributed by atoms with Gasteiger partial charge in [-0.1, -0.05) is 6.92 Å². The molecule has 3 aromatic rings. The zero-order valence-electron chi connectivity index (χ0n) is 22.8. The van der Waals surface area contributed by atoms with Crippen molar-refractivity contribution in [1.82, 2.24) is 24.9 Å². The molecule has 214 valence electrons. The topological polar surface area (TPSA) is 127 Å². The Bertz CT molecular complexity index is 1410. The van der Waals surface area contributed by atoms with Gasteiger partial charge in [-0.2, -0.15) is 13.2 Å². The summed E-state index contributed by atoms with van der Waals surface area (Å²) in [5.74, 6) is -0.616. The molecule has 0 aliphatic heterocycles. The first-order chi connectivity index (χ1) is 19.1. The maximum Gasteiger partial charge on any atom is 0.398 e. The number of halogens is 3. The van der Waals surface area contributed by atoms with Gasteiger partial charge in [-0.3, -0.25) is 14.2 Å². The fourth-order valence-corrected chi connectivity index (χ4v) is 4.69. The lowest BCUT2D eigenvalue weighted by atomic mass is 10.1. The van der Waals surface area contributed by atoms with Gasteiger partial charge in [0.05, 0.1) is 46.4 Å². The molecule has 3 aromatic heterocycles. The molecule has 0 radical (unpaired) electrons. The molecule has 1 saturated carbocycles. The van der Waals surface area contributed by atoms with Crippen LogP contribution in [-0.2, 0) is 17.3 Å². The number of aromatic nitrogens is 5. The van der Waals surface area contributed by atoms with Gasteiger partial charge in [0.1, 0.15) is 29.3 Å². The van der Waals surface area contributed by atoms with E-state index in [9.17, 15) is 17.4 Å². The van der Waals surface area contributed by atoms with Crippen molar-refractivity contribution in [2.45, 2.75) is 57.1 Å². The first kappa shape index (κ1) is 29.3. The molecule has 4 rings (SSSR count). The average Bonchev–Trinajstić information content (AvgIpc) is 3.80. The van der Waals surface area contributed by atoms with Crippen LogP contribution >= 0.6 is 0 Å². The Morgan fingerprint density at radius 2 is 1.98 bits per heavy atom. The van der Waals surface area contributed by atoms with Gasteiger partial charge in [0, 0.05) is 24.9 Å². The lowest BCUT2D eigenvalue weighted by Gasteiger charge is -2.22. The number of ether oxygens (including phenoxy) is 1. The van der Waals surface area contributed by atoms with Crippen LogP contribution in [0, 0.1) is 12.8 Å². The number of aliphatic imine (C=N–C) groups is 1. The first-order valence-electron chi connectivity index (χ1n) is 12.7. The summed E-state index contributed by atoms with van der Waals surface area (Å²) in [5, 5.41) is 5.80. The van der Waals surface area contributed by atoms with Crippen LogP contribution < -0.4 is 15.4 Å². The third-order valence-electron chi connectivity index (χ3n) is 6.44. The number of hydrogen-bond acceptors (Lipinski definition) is 9. The molecule has 2 N–H and O–H groups in total. The Morgan fingerprint density at radius 1 is 1.23 bits per heavy atom. The number of anilines is 2. The molecule has 2 atom stereocenters. The van der Waals surface area contributed by atoms with Crippen molar-refractivity contribution < 1.29 is 22.1 Å². The van der Waals surface area contributed by atoms with Crippen LogP contribution in [0.4, 0.5) is 24.7 Å². The molecule has 3 heterocycles. The molecule has 10 nitrogen and oxygen atoms in total. The SMILES string of the molecule is CCS(=O)c1ccc(CN=C(Nc2c(C)nc(-c3c(OC)ncnc3C3CC3)nc2NC)C(C)C(F)(F)F)nc1. The van der Waals surface area contributed by atoms with Crippen LogP contribution in [0.1, 0.15) is 49.7 Å². The van der Waals surface area contributed by atoms with Gasteiger partial charge >= 0.3 is 6.18 Å². The minimum absolute atomic E-state index is 0.113. The Hall–Kier alpha value is -3.68. The molecule has 2 unspecified atom stereocenters. The number of nitrogens with zero attached hydrogens (tertiary/aromatic N) is 6. The van der Waals surface area contributed by atoms with E-state index >= 15 is 0 Å². The van der Waals surface area contributed by atoms with E-state index < -0.39 is 22.9 Å². The zero-order valence-corrected chi connectivity index (χ0v) is 23.7. The van der Waals surface area contributed by atoms with Crippen LogP contribution in [0.15, 0.2) is 34.5 Å². The second kappa shape index (κ2) is 12.2. The number of pyridine rings is 1. The largest absolute Gasteiger partial charge is 0.480 e. The van der Waals surface area contributed by atoms with Gasteiger partial charge in [0.15, 0.2) is 11.6 Å². The van der Waals surface area contributed by atoms with Gasteiger partial charge in [0.25, 0.3) is 0 Å². The predicted octanol–water partition coefficient (Wildman–Crippen LogP) is 4.90. The number of nitrogens with one attached hydrogen (secondary N) is 2. The summed E-state index contributed by atoms with van der Waals surface area (Å²) in [7, 11) is 1.94. The Morgan fingerprint density at radius 3 is 2.55 bits per heavy atom. The van der Waals surface area contributed by atoms with E-state index in [0.29, 0.717) is 39.3 Å². The third-order valence-corrected chi connectivity index (χ3v) is 7.73. The Balaban J connectivity index is 1.70. The van der Waals surface area contributed by atoms with E-state index in [2.05, 4.69) is 40.5 Å². The van der Waals surface area contributed by atoms with Gasteiger partial charge in [-0.25, -0.2) is 19.9 Å². The molecule has 1 aliphatic carbocycles. The maximum atomic E-state index is 13.8. The van der Waals surface area contributed by atoms with E-state index in [4.69, 9.17) is 4.74 Å². The standard InChI is InChI=1S/C26H31F3N8O2S/c1-6-40(38)18-10-9-17(31-12-18)11-32-22(14(2)26(27,28)29)36-20-15(3)35-23(37-24(20)30-4)19-21(16-7-8-16)33-13-34-25(19)39-5/h9-10,12-14,16H,6-8,11H2,1-5H3,(H,32,36)(H,30,35,37). The second-order valence-corrected chi connectivity index (χ2v) is 11.0. The van der Waals surface area contributed by atoms with Crippen molar-refractivity contribution in [3.05, 3.63) is 41.7 Å². The van der Waals surface area contributed by atoms with Gasteiger partial charge < -0.3 is 15.4 Å². The number of methoxy groups -OCH3 is 1. The fourth-order valence-electron chi connectivity index (χ4n) is 3.97. The van der Waals surface area contributed by atoms with Gasteiger partial charge in [-0.05, 0) is 38.8 Å².